The van der Waals surface area contributed by atoms with Crippen LogP contribution in [0.4, 0.5) is 11.5 Å². The lowest BCUT2D eigenvalue weighted by Gasteiger charge is -2.32. The Balaban J connectivity index is 3.16. The molecule has 100 valence electrons. The fourth-order valence-electron chi connectivity index (χ4n) is 1.85. The summed E-state index contributed by atoms with van der Waals surface area (Å²) in [4.78, 5) is 18.0. The number of aromatic nitrogens is 2. The Morgan fingerprint density at radius 2 is 1.94 bits per heavy atom. The molecule has 0 aliphatic carbocycles. The van der Waals surface area contributed by atoms with E-state index in [1.807, 2.05) is 20.8 Å². The van der Waals surface area contributed by atoms with Crippen molar-refractivity contribution in [3.63, 3.8) is 0 Å². The van der Waals surface area contributed by atoms with Gasteiger partial charge in [-0.25, -0.2) is 4.98 Å². The zero-order chi connectivity index (χ0) is 13.8. The van der Waals surface area contributed by atoms with E-state index in [1.54, 1.807) is 0 Å². The Kier molecular flexibility index (Phi) is 4.84. The van der Waals surface area contributed by atoms with Crippen LogP contribution in [-0.4, -0.2) is 20.4 Å². The van der Waals surface area contributed by atoms with Gasteiger partial charge in [-0.2, -0.15) is 4.98 Å². The maximum absolute atomic E-state index is 10.9. The van der Waals surface area contributed by atoms with Crippen LogP contribution in [-0.2, 0) is 0 Å². The van der Waals surface area contributed by atoms with E-state index in [2.05, 4.69) is 15.3 Å². The third kappa shape index (κ3) is 3.07. The second-order valence-electron chi connectivity index (χ2n) is 4.10. The normalized spacial score (nSPS) is 11.3. The first-order valence-electron chi connectivity index (χ1n) is 5.93. The summed E-state index contributed by atoms with van der Waals surface area (Å²) in [5.74, 6) is 0.186. The van der Waals surface area contributed by atoms with Crippen molar-refractivity contribution in [2.45, 2.75) is 45.6 Å². The quantitative estimate of drug-likeness (QED) is 0.487. The van der Waals surface area contributed by atoms with Gasteiger partial charge in [-0.1, -0.05) is 20.8 Å². The van der Waals surface area contributed by atoms with Crippen molar-refractivity contribution in [3.05, 3.63) is 21.6 Å². The minimum absolute atomic E-state index is 0.000286. The van der Waals surface area contributed by atoms with E-state index in [9.17, 15) is 10.1 Å². The Morgan fingerprint density at radius 1 is 1.39 bits per heavy atom. The van der Waals surface area contributed by atoms with Gasteiger partial charge in [-0.05, 0) is 30.9 Å². The molecule has 0 unspecified atom stereocenters. The van der Waals surface area contributed by atoms with Crippen molar-refractivity contribution in [3.8, 4) is 0 Å². The van der Waals surface area contributed by atoms with E-state index in [4.69, 9.17) is 11.6 Å². The van der Waals surface area contributed by atoms with Crippen LogP contribution in [0.3, 0.4) is 0 Å². The lowest BCUT2D eigenvalue weighted by Crippen LogP contribution is -2.36. The van der Waals surface area contributed by atoms with Crippen molar-refractivity contribution in [1.82, 2.24) is 9.97 Å². The van der Waals surface area contributed by atoms with Crippen molar-refractivity contribution < 1.29 is 4.92 Å². The van der Waals surface area contributed by atoms with Crippen LogP contribution in [0.15, 0.2) is 6.20 Å². The summed E-state index contributed by atoms with van der Waals surface area (Å²) in [6.45, 7) is 6.11. The first-order valence-corrected chi connectivity index (χ1v) is 6.31. The molecular weight excluding hydrogens is 256 g/mol. The molecule has 0 aromatic carbocycles. The van der Waals surface area contributed by atoms with Crippen molar-refractivity contribution in [2.24, 2.45) is 0 Å². The molecule has 1 aromatic heterocycles. The molecule has 0 fully saturated rings. The maximum Gasteiger partial charge on any atom is 0.329 e. The number of halogens is 1. The van der Waals surface area contributed by atoms with Crippen LogP contribution < -0.4 is 5.32 Å². The summed E-state index contributed by atoms with van der Waals surface area (Å²) < 4.78 is 0. The van der Waals surface area contributed by atoms with Gasteiger partial charge >= 0.3 is 5.69 Å². The number of hydrogen-bond acceptors (Lipinski definition) is 5. The predicted octanol–water partition coefficient (Wildman–Crippen LogP) is 3.42. The molecular formula is C11H17ClN4O2. The van der Waals surface area contributed by atoms with Crippen LogP contribution >= 0.6 is 11.6 Å². The second-order valence-corrected chi connectivity index (χ2v) is 4.43. The predicted molar refractivity (Wildman–Crippen MR) is 70.9 cm³/mol. The zero-order valence-corrected chi connectivity index (χ0v) is 11.5. The van der Waals surface area contributed by atoms with Crippen molar-refractivity contribution in [2.75, 3.05) is 5.32 Å². The van der Waals surface area contributed by atoms with E-state index < -0.39 is 4.92 Å². The average molecular weight is 273 g/mol. The molecule has 0 radical (unpaired) electrons. The van der Waals surface area contributed by atoms with E-state index in [0.29, 0.717) is 0 Å². The first-order chi connectivity index (χ1) is 8.48. The van der Waals surface area contributed by atoms with E-state index in [1.165, 1.54) is 0 Å². The van der Waals surface area contributed by atoms with Crippen LogP contribution in [0.2, 0.25) is 5.28 Å². The van der Waals surface area contributed by atoms with E-state index in [-0.39, 0.29) is 22.3 Å². The third-order valence-corrected chi connectivity index (χ3v) is 3.53. The van der Waals surface area contributed by atoms with Crippen LogP contribution in [0, 0.1) is 10.1 Å². The smallest absolute Gasteiger partial charge is 0.329 e. The summed E-state index contributed by atoms with van der Waals surface area (Å²) >= 11 is 5.70. The number of nitrogens with zero attached hydrogens (tertiary/aromatic N) is 3. The van der Waals surface area contributed by atoms with Crippen LogP contribution in [0.5, 0.6) is 0 Å². The lowest BCUT2D eigenvalue weighted by molar-refractivity contribution is -0.384. The molecule has 0 amide bonds. The average Bonchev–Trinajstić information content (AvgIpc) is 2.36. The SMILES string of the molecule is CCC(CC)(CC)Nc1nc(Cl)ncc1[N+](=O)[O-]. The summed E-state index contributed by atoms with van der Waals surface area (Å²) in [5, 5.41) is 14.1. The van der Waals surface area contributed by atoms with Gasteiger partial charge in [-0.15, -0.1) is 0 Å². The van der Waals surface area contributed by atoms with Crippen LogP contribution in [0.1, 0.15) is 40.0 Å². The van der Waals surface area contributed by atoms with Crippen LogP contribution in [0.25, 0.3) is 0 Å². The third-order valence-electron chi connectivity index (χ3n) is 3.35. The number of nitro groups is 1. The summed E-state index contributed by atoms with van der Waals surface area (Å²) in [6.07, 6.45) is 3.67. The maximum atomic E-state index is 10.9. The minimum Gasteiger partial charge on any atom is -0.359 e. The molecule has 0 spiro atoms. The monoisotopic (exact) mass is 272 g/mol. The molecule has 0 aliphatic heterocycles. The van der Waals surface area contributed by atoms with Gasteiger partial charge in [0, 0.05) is 5.54 Å². The lowest BCUT2D eigenvalue weighted by atomic mass is 9.90. The highest BCUT2D eigenvalue weighted by atomic mass is 35.5. The van der Waals surface area contributed by atoms with E-state index >= 15 is 0 Å². The molecule has 1 aromatic rings. The zero-order valence-electron chi connectivity index (χ0n) is 10.7. The summed E-state index contributed by atoms with van der Waals surface area (Å²) in [6, 6.07) is 0. The van der Waals surface area contributed by atoms with Gasteiger partial charge in [0.25, 0.3) is 0 Å². The number of anilines is 1. The standard InChI is InChI=1S/C11H17ClN4O2/c1-4-11(5-2,6-3)15-9-8(16(17)18)7-13-10(12)14-9/h7H,4-6H2,1-3H3,(H,13,14,15). The highest BCUT2D eigenvalue weighted by Crippen LogP contribution is 2.30. The molecule has 0 aliphatic rings. The van der Waals surface area contributed by atoms with Crippen molar-refractivity contribution in [1.29, 1.82) is 0 Å². The number of nitrogens with one attached hydrogen (secondary N) is 1. The first kappa shape index (κ1) is 14.6. The molecule has 7 heteroatoms. The van der Waals surface area contributed by atoms with Gasteiger partial charge in [0.05, 0.1) is 4.92 Å². The van der Waals surface area contributed by atoms with Gasteiger partial charge < -0.3 is 5.32 Å². The fourth-order valence-corrected chi connectivity index (χ4v) is 1.98. The fraction of sp³-hybridized carbons (Fsp3) is 0.636. The Hall–Kier alpha value is -1.43. The summed E-state index contributed by atoms with van der Waals surface area (Å²) in [7, 11) is 0. The molecule has 1 heterocycles. The number of hydrogen-bond donors (Lipinski definition) is 1. The molecule has 0 atom stereocenters. The number of rotatable bonds is 6. The Bertz CT molecular complexity index is 427. The highest BCUT2D eigenvalue weighted by Gasteiger charge is 2.28. The molecule has 0 saturated carbocycles. The molecule has 6 nitrogen and oxygen atoms in total. The van der Waals surface area contributed by atoms with Gasteiger partial charge in [0.15, 0.2) is 0 Å². The van der Waals surface area contributed by atoms with Gasteiger partial charge in [0.2, 0.25) is 11.1 Å². The molecule has 1 rings (SSSR count). The minimum atomic E-state index is -0.510. The van der Waals surface area contributed by atoms with Gasteiger partial charge in [0.1, 0.15) is 6.20 Å². The molecule has 1 N–H and O–H groups in total. The molecule has 0 saturated heterocycles. The van der Waals surface area contributed by atoms with E-state index in [0.717, 1.165) is 25.5 Å². The topological polar surface area (TPSA) is 81.0 Å². The largest absolute Gasteiger partial charge is 0.359 e. The Labute approximate surface area is 111 Å². The second kappa shape index (κ2) is 5.95. The molecule has 0 bridgehead atoms. The van der Waals surface area contributed by atoms with Gasteiger partial charge in [-0.3, -0.25) is 10.1 Å². The highest BCUT2D eigenvalue weighted by molar-refractivity contribution is 6.28. The summed E-state index contributed by atoms with van der Waals surface area (Å²) in [5.41, 5.74) is -0.359. The Morgan fingerprint density at radius 3 is 2.39 bits per heavy atom. The molecule has 18 heavy (non-hydrogen) atoms. The van der Waals surface area contributed by atoms with Crippen molar-refractivity contribution >= 4 is 23.1 Å².